The minimum atomic E-state index is -1.41. The molecular weight excluding hydrogens is 256 g/mol. The SMILES string of the molecule is N=C1N=C2N=C(C=C(N)C(=O)O)C(=O)N[C@@H]2C(=O)N1. The summed E-state index contributed by atoms with van der Waals surface area (Å²) in [7, 11) is 0. The lowest BCUT2D eigenvalue weighted by Crippen LogP contribution is -2.59. The fourth-order valence-corrected chi connectivity index (χ4v) is 1.42. The quantitative estimate of drug-likeness (QED) is 0.341. The summed E-state index contributed by atoms with van der Waals surface area (Å²) >= 11 is 0. The van der Waals surface area contributed by atoms with Gasteiger partial charge in [0.2, 0.25) is 5.96 Å². The Morgan fingerprint density at radius 1 is 1.42 bits per heavy atom. The number of carboxylic acids is 1. The Kier molecular flexibility index (Phi) is 2.83. The van der Waals surface area contributed by atoms with Crippen molar-refractivity contribution in [3.8, 4) is 0 Å². The van der Waals surface area contributed by atoms with Crippen LogP contribution in [0.3, 0.4) is 0 Å². The minimum absolute atomic E-state index is 0.0993. The number of carboxylic acid groups (broad SMARTS) is 1. The average molecular weight is 264 g/mol. The van der Waals surface area contributed by atoms with Crippen LogP contribution in [0.2, 0.25) is 0 Å². The molecule has 0 unspecified atom stereocenters. The van der Waals surface area contributed by atoms with Crippen molar-refractivity contribution in [1.82, 2.24) is 10.6 Å². The molecule has 10 heteroatoms. The highest BCUT2D eigenvalue weighted by molar-refractivity contribution is 6.48. The summed E-state index contributed by atoms with van der Waals surface area (Å²) in [5.41, 5.74) is 4.30. The molecule has 0 saturated carbocycles. The fraction of sp³-hybridized carbons (Fsp3) is 0.111. The van der Waals surface area contributed by atoms with Gasteiger partial charge < -0.3 is 16.2 Å². The third-order valence-electron chi connectivity index (χ3n) is 2.27. The summed E-state index contributed by atoms with van der Waals surface area (Å²) in [6, 6.07) is -1.09. The first kappa shape index (κ1) is 12.4. The van der Waals surface area contributed by atoms with Gasteiger partial charge in [0.15, 0.2) is 11.9 Å². The molecule has 98 valence electrons. The van der Waals surface area contributed by atoms with E-state index in [9.17, 15) is 14.4 Å². The van der Waals surface area contributed by atoms with E-state index in [4.69, 9.17) is 16.2 Å². The van der Waals surface area contributed by atoms with Gasteiger partial charge in [0, 0.05) is 0 Å². The first-order valence-electron chi connectivity index (χ1n) is 4.96. The van der Waals surface area contributed by atoms with Gasteiger partial charge in [-0.2, -0.15) is 4.99 Å². The maximum Gasteiger partial charge on any atom is 0.351 e. The lowest BCUT2D eigenvalue weighted by molar-refractivity contribution is -0.132. The van der Waals surface area contributed by atoms with E-state index >= 15 is 0 Å². The van der Waals surface area contributed by atoms with E-state index < -0.39 is 35.5 Å². The number of fused-ring (bicyclic) bond motifs is 1. The molecule has 0 aliphatic carbocycles. The first-order chi connectivity index (χ1) is 8.88. The zero-order valence-electron chi connectivity index (χ0n) is 9.30. The molecule has 1 atom stereocenters. The predicted octanol–water partition coefficient (Wildman–Crippen LogP) is -2.68. The Morgan fingerprint density at radius 2 is 2.11 bits per heavy atom. The number of amides is 2. The van der Waals surface area contributed by atoms with Gasteiger partial charge in [-0.1, -0.05) is 0 Å². The topological polar surface area (TPSA) is 170 Å². The van der Waals surface area contributed by atoms with E-state index in [0.29, 0.717) is 0 Å². The number of nitrogens with zero attached hydrogens (tertiary/aromatic N) is 2. The lowest BCUT2D eigenvalue weighted by Gasteiger charge is -2.25. The van der Waals surface area contributed by atoms with Crippen LogP contribution in [0, 0.1) is 5.41 Å². The number of guanidine groups is 1. The Labute approximate surface area is 105 Å². The van der Waals surface area contributed by atoms with E-state index in [-0.39, 0.29) is 11.5 Å². The number of carbonyl (C=O) groups excluding carboxylic acids is 2. The molecule has 0 radical (unpaired) electrons. The second-order valence-electron chi connectivity index (χ2n) is 3.62. The van der Waals surface area contributed by atoms with Gasteiger partial charge in [-0.25, -0.2) is 9.79 Å². The van der Waals surface area contributed by atoms with Crippen LogP contribution in [0.1, 0.15) is 0 Å². The third kappa shape index (κ3) is 2.31. The highest BCUT2D eigenvalue weighted by atomic mass is 16.4. The van der Waals surface area contributed by atoms with Gasteiger partial charge in [0.05, 0.1) is 0 Å². The Balaban J connectivity index is 2.42. The zero-order valence-corrected chi connectivity index (χ0v) is 9.30. The van der Waals surface area contributed by atoms with E-state index in [1.165, 1.54) is 0 Å². The predicted molar refractivity (Wildman–Crippen MR) is 62.6 cm³/mol. The van der Waals surface area contributed by atoms with Crippen LogP contribution in [0.15, 0.2) is 21.8 Å². The Hall–Kier alpha value is -3.04. The van der Waals surface area contributed by atoms with Crippen molar-refractivity contribution in [3.63, 3.8) is 0 Å². The maximum atomic E-state index is 11.6. The molecule has 2 aliphatic rings. The molecule has 2 amide bonds. The van der Waals surface area contributed by atoms with Crippen molar-refractivity contribution < 1.29 is 19.5 Å². The summed E-state index contributed by atoms with van der Waals surface area (Å²) in [5.74, 6) is -3.31. The summed E-state index contributed by atoms with van der Waals surface area (Å²) in [6.07, 6.45) is 0.854. The van der Waals surface area contributed by atoms with Crippen molar-refractivity contribution >= 4 is 35.3 Å². The normalized spacial score (nSPS) is 22.8. The highest BCUT2D eigenvalue weighted by Gasteiger charge is 2.35. The molecule has 0 aromatic carbocycles. The van der Waals surface area contributed by atoms with Crippen LogP contribution in [-0.2, 0) is 14.4 Å². The van der Waals surface area contributed by atoms with E-state index in [2.05, 4.69) is 20.6 Å². The Bertz CT molecular complexity index is 602. The number of aliphatic carboxylic acids is 1. The molecule has 19 heavy (non-hydrogen) atoms. The number of nitrogens with two attached hydrogens (primary N) is 1. The fourth-order valence-electron chi connectivity index (χ4n) is 1.42. The van der Waals surface area contributed by atoms with Gasteiger partial charge in [0.25, 0.3) is 11.8 Å². The smallest absolute Gasteiger partial charge is 0.351 e. The van der Waals surface area contributed by atoms with Crippen LogP contribution in [-0.4, -0.2) is 46.4 Å². The summed E-state index contributed by atoms with van der Waals surface area (Å²) in [4.78, 5) is 41.0. The number of amidine groups is 1. The molecule has 0 fully saturated rings. The van der Waals surface area contributed by atoms with Crippen molar-refractivity contribution in [2.24, 2.45) is 15.7 Å². The van der Waals surface area contributed by atoms with Crippen molar-refractivity contribution in [3.05, 3.63) is 11.8 Å². The molecule has 0 saturated heterocycles. The molecular formula is C9H8N6O4. The van der Waals surface area contributed by atoms with E-state index in [1.807, 2.05) is 0 Å². The molecule has 0 aromatic heterocycles. The number of hydrogen-bond acceptors (Lipinski definition) is 6. The second kappa shape index (κ2) is 4.33. The third-order valence-corrected chi connectivity index (χ3v) is 2.27. The number of hydrogen-bond donors (Lipinski definition) is 5. The Morgan fingerprint density at radius 3 is 2.74 bits per heavy atom. The highest BCUT2D eigenvalue weighted by Crippen LogP contribution is 2.06. The second-order valence-corrected chi connectivity index (χ2v) is 3.62. The number of aliphatic imine (C=N–C) groups is 2. The standard InChI is InChI=1S/C9H8N6O4/c10-2(8(18)19)1-3-6(16)13-4-5(12-3)14-9(11)15-7(4)17/h1,4H,10H2,(H,13,16)(H,18,19)(H2,11,15,17)/t4-/m0/s1. The molecule has 2 rings (SSSR count). The van der Waals surface area contributed by atoms with Gasteiger partial charge in [-0.05, 0) is 6.08 Å². The van der Waals surface area contributed by atoms with Crippen LogP contribution >= 0.6 is 0 Å². The first-order valence-corrected chi connectivity index (χ1v) is 4.96. The zero-order chi connectivity index (χ0) is 14.2. The monoisotopic (exact) mass is 264 g/mol. The maximum absolute atomic E-state index is 11.6. The molecule has 0 aromatic rings. The van der Waals surface area contributed by atoms with Crippen LogP contribution in [0.5, 0.6) is 0 Å². The number of nitrogens with one attached hydrogen (secondary N) is 3. The van der Waals surface area contributed by atoms with E-state index in [0.717, 1.165) is 6.08 Å². The van der Waals surface area contributed by atoms with Crippen molar-refractivity contribution in [2.75, 3.05) is 0 Å². The molecule has 10 nitrogen and oxygen atoms in total. The number of carbonyl (C=O) groups is 3. The lowest BCUT2D eigenvalue weighted by atomic mass is 10.1. The summed E-state index contributed by atoms with van der Waals surface area (Å²) < 4.78 is 0. The number of rotatable bonds is 2. The largest absolute Gasteiger partial charge is 0.477 e. The van der Waals surface area contributed by atoms with E-state index in [1.54, 1.807) is 0 Å². The van der Waals surface area contributed by atoms with Crippen molar-refractivity contribution in [1.29, 1.82) is 5.41 Å². The van der Waals surface area contributed by atoms with Crippen molar-refractivity contribution in [2.45, 2.75) is 6.04 Å². The summed E-state index contributed by atoms with van der Waals surface area (Å²) in [5, 5.41) is 20.2. The molecule has 2 aliphatic heterocycles. The molecule has 0 spiro atoms. The average Bonchev–Trinajstić information content (AvgIpc) is 2.31. The van der Waals surface area contributed by atoms with Crippen LogP contribution < -0.4 is 16.4 Å². The molecule has 2 heterocycles. The van der Waals surface area contributed by atoms with Crippen LogP contribution in [0.25, 0.3) is 0 Å². The van der Waals surface area contributed by atoms with Gasteiger partial charge in [-0.15, -0.1) is 0 Å². The minimum Gasteiger partial charge on any atom is -0.477 e. The van der Waals surface area contributed by atoms with Crippen LogP contribution in [0.4, 0.5) is 0 Å². The molecule has 0 bridgehead atoms. The van der Waals surface area contributed by atoms with Gasteiger partial charge in [0.1, 0.15) is 11.4 Å². The van der Waals surface area contributed by atoms with Gasteiger partial charge in [-0.3, -0.25) is 20.3 Å². The van der Waals surface area contributed by atoms with Gasteiger partial charge >= 0.3 is 5.97 Å². The molecule has 6 N–H and O–H groups in total. The summed E-state index contributed by atoms with van der Waals surface area (Å²) in [6.45, 7) is 0.